The van der Waals surface area contributed by atoms with Crippen LogP contribution in [-0.4, -0.2) is 0 Å². The molecule has 1 aromatic rings. The molecule has 0 heterocycles. The molecule has 2 atom stereocenters. The van der Waals surface area contributed by atoms with Gasteiger partial charge in [0.05, 0.1) is 0 Å². The number of aryl methyl sites for hydroxylation is 2. The van der Waals surface area contributed by atoms with Crippen molar-refractivity contribution < 1.29 is 0 Å². The minimum Gasteiger partial charge on any atom is -0.359 e. The van der Waals surface area contributed by atoms with Gasteiger partial charge in [0, 0.05) is 17.3 Å². The number of allylic oxidation sites excluding steroid dienone is 2. The van der Waals surface area contributed by atoms with Crippen LogP contribution < -0.4 is 5.32 Å². The molecule has 1 nitrogen and oxygen atoms in total. The summed E-state index contributed by atoms with van der Waals surface area (Å²) in [5, 5.41) is 3.44. The Morgan fingerprint density at radius 1 is 0.950 bits per heavy atom. The molecule has 1 N–H and O–H groups in total. The van der Waals surface area contributed by atoms with Gasteiger partial charge in [-0.05, 0) is 56.9 Å². The Balaban J connectivity index is 2.97. The maximum absolute atomic E-state index is 4.22. The van der Waals surface area contributed by atoms with E-state index in [2.05, 4.69) is 77.9 Å². The van der Waals surface area contributed by atoms with E-state index in [9.17, 15) is 0 Å². The van der Waals surface area contributed by atoms with Crippen LogP contribution in [0.2, 0.25) is 0 Å². The Hall–Kier alpha value is -1.76. The third-order valence-corrected chi connectivity index (χ3v) is 3.71. The highest BCUT2D eigenvalue weighted by Gasteiger charge is 2.21. The van der Waals surface area contributed by atoms with Gasteiger partial charge in [-0.2, -0.15) is 0 Å². The van der Waals surface area contributed by atoms with Gasteiger partial charge in [0.25, 0.3) is 0 Å². The summed E-state index contributed by atoms with van der Waals surface area (Å²) < 4.78 is 0. The fraction of sp³-hybridized carbons (Fsp3) is 0.368. The van der Waals surface area contributed by atoms with Crippen molar-refractivity contribution in [3.8, 4) is 0 Å². The average molecular weight is 269 g/mol. The van der Waals surface area contributed by atoms with Crippen LogP contribution in [0.1, 0.15) is 31.9 Å². The first-order chi connectivity index (χ1) is 9.22. The zero-order chi connectivity index (χ0) is 15.4. The number of rotatable bonds is 6. The molecule has 0 saturated carbocycles. The van der Waals surface area contributed by atoms with E-state index in [0.29, 0.717) is 5.92 Å². The van der Waals surface area contributed by atoms with E-state index in [4.69, 9.17) is 0 Å². The molecule has 0 aliphatic heterocycles. The Bertz CT molecular complexity index is 516. The highest BCUT2D eigenvalue weighted by molar-refractivity contribution is 5.53. The fourth-order valence-electron chi connectivity index (χ4n) is 2.62. The summed E-state index contributed by atoms with van der Waals surface area (Å²) in [7, 11) is 0. The minimum absolute atomic E-state index is 0.202. The normalized spacial score (nSPS) is 13.4. The third kappa shape index (κ3) is 4.12. The average Bonchev–Trinajstić information content (AvgIpc) is 2.26. The molecule has 0 bridgehead atoms. The zero-order valence-corrected chi connectivity index (χ0v) is 13.5. The Kier molecular flexibility index (Phi) is 5.38. The molecule has 1 rings (SSSR count). The van der Waals surface area contributed by atoms with Crippen LogP contribution >= 0.6 is 0 Å². The lowest BCUT2D eigenvalue weighted by atomic mass is 9.82. The van der Waals surface area contributed by atoms with E-state index in [1.54, 1.807) is 0 Å². The van der Waals surface area contributed by atoms with Crippen molar-refractivity contribution in [2.75, 3.05) is 5.32 Å². The second-order valence-electron chi connectivity index (χ2n) is 5.99. The number of nitrogens with one attached hydrogen (secondary N) is 1. The molecule has 0 spiro atoms. The summed E-state index contributed by atoms with van der Waals surface area (Å²) in [6.07, 6.45) is 0. The topological polar surface area (TPSA) is 12.0 Å². The Labute approximate surface area is 124 Å². The van der Waals surface area contributed by atoms with Crippen LogP contribution in [0.15, 0.2) is 54.8 Å². The highest BCUT2D eigenvalue weighted by atomic mass is 14.9. The number of anilines is 1. The quantitative estimate of drug-likeness (QED) is 0.660. The van der Waals surface area contributed by atoms with Gasteiger partial charge in [-0.1, -0.05) is 43.9 Å². The van der Waals surface area contributed by atoms with Crippen molar-refractivity contribution in [3.05, 3.63) is 65.9 Å². The minimum atomic E-state index is 0.202. The molecule has 0 saturated heterocycles. The predicted molar refractivity (Wildman–Crippen MR) is 91.0 cm³/mol. The molecule has 2 unspecified atom stereocenters. The second-order valence-corrected chi connectivity index (χ2v) is 5.99. The third-order valence-electron chi connectivity index (χ3n) is 3.71. The van der Waals surface area contributed by atoms with Gasteiger partial charge in [0.1, 0.15) is 0 Å². The smallest absolute Gasteiger partial charge is 0.0387 e. The summed E-state index contributed by atoms with van der Waals surface area (Å²) in [6.45, 7) is 22.9. The van der Waals surface area contributed by atoms with Crippen molar-refractivity contribution in [1.29, 1.82) is 0 Å². The second kappa shape index (κ2) is 6.60. The van der Waals surface area contributed by atoms with E-state index in [1.165, 1.54) is 11.1 Å². The Morgan fingerprint density at radius 3 is 1.85 bits per heavy atom. The van der Waals surface area contributed by atoms with Crippen molar-refractivity contribution in [2.24, 2.45) is 11.8 Å². The van der Waals surface area contributed by atoms with Crippen molar-refractivity contribution in [1.82, 2.24) is 0 Å². The van der Waals surface area contributed by atoms with Gasteiger partial charge in [0.15, 0.2) is 0 Å². The maximum Gasteiger partial charge on any atom is 0.0387 e. The van der Waals surface area contributed by atoms with Gasteiger partial charge in [0.2, 0.25) is 0 Å². The SMILES string of the molecule is C=C(C)C(C)C(C(=C)C)C(=C)Nc1cc(C)cc(C)c1. The first-order valence-electron chi connectivity index (χ1n) is 7.07. The van der Waals surface area contributed by atoms with Gasteiger partial charge >= 0.3 is 0 Å². The van der Waals surface area contributed by atoms with E-state index >= 15 is 0 Å². The summed E-state index contributed by atoms with van der Waals surface area (Å²) in [5.74, 6) is 0.534. The molecular formula is C19H27N. The van der Waals surface area contributed by atoms with Gasteiger partial charge in [-0.3, -0.25) is 0 Å². The monoisotopic (exact) mass is 269 g/mol. The maximum atomic E-state index is 4.22. The lowest BCUT2D eigenvalue weighted by Gasteiger charge is -2.28. The van der Waals surface area contributed by atoms with Gasteiger partial charge < -0.3 is 5.32 Å². The van der Waals surface area contributed by atoms with Crippen LogP contribution in [-0.2, 0) is 0 Å². The van der Waals surface area contributed by atoms with Crippen LogP contribution in [0, 0.1) is 25.7 Å². The summed E-state index contributed by atoms with van der Waals surface area (Å²) >= 11 is 0. The molecule has 0 aliphatic rings. The van der Waals surface area contributed by atoms with Crippen LogP contribution in [0.25, 0.3) is 0 Å². The zero-order valence-electron chi connectivity index (χ0n) is 13.5. The van der Waals surface area contributed by atoms with Crippen molar-refractivity contribution >= 4 is 5.69 Å². The van der Waals surface area contributed by atoms with Crippen molar-refractivity contribution in [2.45, 2.75) is 34.6 Å². The van der Waals surface area contributed by atoms with E-state index in [1.807, 2.05) is 0 Å². The number of hydrogen-bond donors (Lipinski definition) is 1. The molecule has 0 fully saturated rings. The lowest BCUT2D eigenvalue weighted by molar-refractivity contribution is 0.533. The van der Waals surface area contributed by atoms with E-state index in [0.717, 1.165) is 22.5 Å². The first-order valence-corrected chi connectivity index (χ1v) is 7.07. The van der Waals surface area contributed by atoms with Crippen LogP contribution in [0.5, 0.6) is 0 Å². The largest absolute Gasteiger partial charge is 0.359 e. The predicted octanol–water partition coefficient (Wildman–Crippen LogP) is 5.63. The molecular weight excluding hydrogens is 242 g/mol. The van der Waals surface area contributed by atoms with Gasteiger partial charge in [-0.25, -0.2) is 0 Å². The van der Waals surface area contributed by atoms with E-state index in [-0.39, 0.29) is 5.92 Å². The summed E-state index contributed by atoms with van der Waals surface area (Å²) in [5.41, 5.74) is 6.84. The molecule has 0 radical (unpaired) electrons. The number of hydrogen-bond acceptors (Lipinski definition) is 1. The number of benzene rings is 1. The molecule has 20 heavy (non-hydrogen) atoms. The standard InChI is InChI=1S/C19H27N/c1-12(2)16(7)19(13(3)4)17(8)20-18-10-14(5)9-15(6)11-18/h9-11,16,19-20H,1,3,8H2,2,4-7H3. The molecule has 0 aromatic heterocycles. The van der Waals surface area contributed by atoms with Crippen LogP contribution in [0.4, 0.5) is 5.69 Å². The first kappa shape index (κ1) is 16.3. The highest BCUT2D eigenvalue weighted by Crippen LogP contribution is 2.31. The summed E-state index contributed by atoms with van der Waals surface area (Å²) in [6, 6.07) is 6.44. The molecule has 108 valence electrons. The van der Waals surface area contributed by atoms with Crippen molar-refractivity contribution in [3.63, 3.8) is 0 Å². The lowest BCUT2D eigenvalue weighted by Crippen LogP contribution is -2.20. The van der Waals surface area contributed by atoms with Crippen LogP contribution in [0.3, 0.4) is 0 Å². The van der Waals surface area contributed by atoms with Gasteiger partial charge in [-0.15, -0.1) is 0 Å². The molecule has 1 heteroatoms. The molecule has 0 aliphatic carbocycles. The van der Waals surface area contributed by atoms with E-state index < -0.39 is 0 Å². The summed E-state index contributed by atoms with van der Waals surface area (Å²) in [4.78, 5) is 0. The molecule has 0 amide bonds. The molecule has 1 aromatic carbocycles. The Morgan fingerprint density at radius 2 is 1.45 bits per heavy atom. The fourth-order valence-corrected chi connectivity index (χ4v) is 2.62.